The molecule has 2 aliphatic carbocycles. The van der Waals surface area contributed by atoms with Crippen LogP contribution in [-0.4, -0.2) is 117 Å². The first-order valence-electron chi connectivity index (χ1n) is 25.5. The highest BCUT2D eigenvalue weighted by Crippen LogP contribution is 2.62. The van der Waals surface area contributed by atoms with Crippen LogP contribution >= 0.6 is 0 Å². The van der Waals surface area contributed by atoms with Crippen molar-refractivity contribution < 1.29 is 58.2 Å². The van der Waals surface area contributed by atoms with Gasteiger partial charge in [-0.3, -0.25) is 9.69 Å². The highest BCUT2D eigenvalue weighted by Gasteiger charge is 2.65. The molecule has 6 atom stereocenters. The molecule has 3 N–H and O–H groups in total. The summed E-state index contributed by atoms with van der Waals surface area (Å²) in [6.07, 6.45) is 20.4. The van der Waals surface area contributed by atoms with E-state index in [2.05, 4.69) is 19.6 Å². The number of carbonyl (C=O) groups excluding carboxylic acids is 2. The van der Waals surface area contributed by atoms with E-state index in [-0.39, 0.29) is 77.0 Å². The van der Waals surface area contributed by atoms with Crippen LogP contribution in [0.2, 0.25) is 0 Å². The Balaban J connectivity index is 1.61. The summed E-state index contributed by atoms with van der Waals surface area (Å²) in [5.41, 5.74) is 2.83. The molecule has 0 aromatic heterocycles. The fraction of sp³-hybridized carbons (Fsp3) is 0.648. The summed E-state index contributed by atoms with van der Waals surface area (Å²) in [5.74, 6) is -0.267. The van der Waals surface area contributed by atoms with Crippen LogP contribution in [-0.2, 0) is 19.0 Å². The molecule has 378 valence electrons. The molecule has 0 bridgehead atoms. The zero-order chi connectivity index (χ0) is 48.6. The number of hydrogen-bond donors (Lipinski definition) is 3. The fourth-order valence-corrected chi connectivity index (χ4v) is 10.4. The number of ether oxygens (including phenoxy) is 6. The van der Waals surface area contributed by atoms with E-state index in [4.69, 9.17) is 38.4 Å². The number of carbonyl (C=O) groups is 2. The third kappa shape index (κ3) is 14.5. The Morgan fingerprint density at radius 2 is 1.57 bits per heavy atom. The molecule has 1 aliphatic heterocycles. The maximum absolute atomic E-state index is 14.7. The van der Waals surface area contributed by atoms with E-state index in [1.165, 1.54) is 45.6 Å². The number of aliphatic hydroxyl groups is 3. The number of benzene rings is 2. The van der Waals surface area contributed by atoms with Crippen LogP contribution in [0.15, 0.2) is 65.9 Å². The van der Waals surface area contributed by atoms with Gasteiger partial charge in [0.05, 0.1) is 57.3 Å². The summed E-state index contributed by atoms with van der Waals surface area (Å²) in [6, 6.07) is 10.0. The van der Waals surface area contributed by atoms with Gasteiger partial charge >= 0.3 is 6.09 Å². The summed E-state index contributed by atoms with van der Waals surface area (Å²) in [4.78, 5) is 34.2. The van der Waals surface area contributed by atoms with Crippen LogP contribution in [0.25, 0.3) is 0 Å². The maximum atomic E-state index is 14.7. The van der Waals surface area contributed by atoms with Gasteiger partial charge in [0.2, 0.25) is 5.79 Å². The zero-order valence-electron chi connectivity index (χ0n) is 41.1. The van der Waals surface area contributed by atoms with Crippen molar-refractivity contribution in [1.82, 2.24) is 4.90 Å². The minimum Gasteiger partial charge on any atom is -0.496 e. The summed E-state index contributed by atoms with van der Waals surface area (Å²) >= 11 is 0. The van der Waals surface area contributed by atoms with Crippen molar-refractivity contribution in [3.8, 4) is 23.0 Å². The molecule has 14 nitrogen and oxygen atoms in total. The van der Waals surface area contributed by atoms with E-state index in [0.29, 0.717) is 53.7 Å². The van der Waals surface area contributed by atoms with Gasteiger partial charge in [0.25, 0.3) is 0 Å². The van der Waals surface area contributed by atoms with Crippen LogP contribution < -0.4 is 14.2 Å². The first kappa shape index (κ1) is 54.5. The number of oxime groups is 1. The topological polar surface area (TPSA) is 175 Å². The van der Waals surface area contributed by atoms with Crippen molar-refractivity contribution >= 4 is 18.1 Å². The van der Waals surface area contributed by atoms with Gasteiger partial charge < -0.3 is 48.6 Å². The standard InChI is InChI=1S/C54H80N2O12/c1-5-8-9-10-11-12-13-14-15-20-32-64-53(61)56(27-33-63-34-30-59)50-38-47(55-66-7-3)45-36-40(21-16-18-28-57)44(22-17-19-29-58)51-46-37-43(67-42-23-25-48(62-4)41(35-42)39-60)24-26-49(46)68-54(50,52(45)51)65-31-6-2/h6,23-26,35-37,39-40,44,50-52,57-59H,2,5,7-22,27-34,38H2,1,3-4H3. The molecule has 3 aliphatic rings. The Morgan fingerprint density at radius 1 is 0.868 bits per heavy atom. The summed E-state index contributed by atoms with van der Waals surface area (Å²) in [5, 5.41) is 34.3. The second-order valence-corrected chi connectivity index (χ2v) is 18.1. The summed E-state index contributed by atoms with van der Waals surface area (Å²) < 4.78 is 38.2. The molecule has 1 heterocycles. The number of nitrogens with zero attached hydrogens (tertiary/aromatic N) is 2. The molecule has 6 unspecified atom stereocenters. The van der Waals surface area contributed by atoms with Crippen LogP contribution in [0, 0.1) is 17.8 Å². The Morgan fingerprint density at radius 3 is 2.25 bits per heavy atom. The first-order valence-corrected chi connectivity index (χ1v) is 25.5. The van der Waals surface area contributed by atoms with Crippen molar-refractivity contribution in [2.45, 2.75) is 141 Å². The minimum absolute atomic E-state index is 0.00188. The van der Waals surface area contributed by atoms with E-state index >= 15 is 0 Å². The van der Waals surface area contributed by atoms with E-state index < -0.39 is 23.8 Å². The van der Waals surface area contributed by atoms with Gasteiger partial charge in [0, 0.05) is 37.7 Å². The molecular formula is C54H80N2O12. The Kier molecular flexibility index (Phi) is 23.7. The minimum atomic E-state index is -1.49. The molecule has 1 saturated carbocycles. The van der Waals surface area contributed by atoms with E-state index in [1.807, 2.05) is 25.1 Å². The maximum Gasteiger partial charge on any atom is 0.410 e. The number of fused-ring (bicyclic) bond motifs is 2. The van der Waals surface area contributed by atoms with Crippen LogP contribution in [0.1, 0.15) is 145 Å². The summed E-state index contributed by atoms with van der Waals surface area (Å²) in [6.45, 7) is 9.18. The molecular weight excluding hydrogens is 869 g/mol. The Bertz CT molecular complexity index is 1900. The van der Waals surface area contributed by atoms with Crippen LogP contribution in [0.4, 0.5) is 4.79 Å². The highest BCUT2D eigenvalue weighted by molar-refractivity contribution is 6.03. The number of unbranched alkanes of at least 4 members (excludes halogenated alkanes) is 11. The van der Waals surface area contributed by atoms with Crippen molar-refractivity contribution in [3.05, 3.63) is 71.8 Å². The van der Waals surface area contributed by atoms with E-state index in [9.17, 15) is 24.9 Å². The van der Waals surface area contributed by atoms with Gasteiger partial charge in [-0.1, -0.05) is 94.9 Å². The van der Waals surface area contributed by atoms with Gasteiger partial charge in [-0.25, -0.2) is 4.79 Å². The molecule has 68 heavy (non-hydrogen) atoms. The predicted octanol–water partition coefficient (Wildman–Crippen LogP) is 10.3. The normalized spacial score (nSPS) is 22.1. The molecule has 14 heteroatoms. The highest BCUT2D eigenvalue weighted by atomic mass is 16.7. The number of methoxy groups -OCH3 is 1. The van der Waals surface area contributed by atoms with E-state index in [0.717, 1.165) is 68.8 Å². The Labute approximate surface area is 405 Å². The van der Waals surface area contributed by atoms with Crippen LogP contribution in [0.5, 0.6) is 23.0 Å². The first-order chi connectivity index (χ1) is 33.3. The third-order valence-corrected chi connectivity index (χ3v) is 13.6. The molecule has 2 aromatic carbocycles. The van der Waals surface area contributed by atoms with Gasteiger partial charge in [-0.05, 0) is 92.8 Å². The Hall–Kier alpha value is -4.47. The van der Waals surface area contributed by atoms with Crippen molar-refractivity contribution in [1.29, 1.82) is 0 Å². The SMILES string of the molecule is C=CCOC12Oc3ccc(Oc4ccc(OC)c(C=O)c4)cc3C3C(CCCCO)C(CCCCO)C=C(C(=NOCC)CC1N(CCOCCO)C(=O)OCCCCCCCCCCCC)C32. The number of allylic oxidation sites excluding steroid dienone is 1. The molecule has 0 spiro atoms. The second kappa shape index (κ2) is 29.5. The number of amides is 1. The fourth-order valence-electron chi connectivity index (χ4n) is 10.4. The van der Waals surface area contributed by atoms with Crippen LogP contribution in [0.3, 0.4) is 0 Å². The van der Waals surface area contributed by atoms with Gasteiger partial charge in [-0.2, -0.15) is 0 Å². The number of rotatable bonds is 34. The number of hydrogen-bond acceptors (Lipinski definition) is 13. The van der Waals surface area contributed by atoms with Gasteiger partial charge in [0.15, 0.2) is 6.29 Å². The lowest BCUT2D eigenvalue weighted by Gasteiger charge is -2.59. The molecule has 0 radical (unpaired) electrons. The van der Waals surface area contributed by atoms with Crippen molar-refractivity contribution in [3.63, 3.8) is 0 Å². The van der Waals surface area contributed by atoms with Gasteiger partial charge in [0.1, 0.15) is 35.6 Å². The molecule has 0 saturated heterocycles. The third-order valence-electron chi connectivity index (χ3n) is 13.6. The van der Waals surface area contributed by atoms with Crippen molar-refractivity contribution in [2.75, 3.05) is 66.5 Å². The zero-order valence-corrected chi connectivity index (χ0v) is 41.1. The number of aliphatic hydroxyl groups excluding tert-OH is 3. The lowest BCUT2D eigenvalue weighted by Crippen LogP contribution is -2.70. The molecule has 5 rings (SSSR count). The monoisotopic (exact) mass is 949 g/mol. The largest absolute Gasteiger partial charge is 0.496 e. The smallest absolute Gasteiger partial charge is 0.410 e. The molecule has 1 fully saturated rings. The predicted molar refractivity (Wildman–Crippen MR) is 263 cm³/mol. The summed E-state index contributed by atoms with van der Waals surface area (Å²) in [7, 11) is 1.51. The average molecular weight is 949 g/mol. The number of aldehydes is 1. The second-order valence-electron chi connectivity index (χ2n) is 18.1. The quantitative estimate of drug-likeness (QED) is 0.0262. The molecule has 1 amide bonds. The van der Waals surface area contributed by atoms with E-state index in [1.54, 1.807) is 29.2 Å². The average Bonchev–Trinajstić information content (AvgIpc) is 3.35. The lowest BCUT2D eigenvalue weighted by molar-refractivity contribution is -0.256. The van der Waals surface area contributed by atoms with Crippen molar-refractivity contribution in [2.24, 2.45) is 22.9 Å². The molecule has 2 aromatic rings. The lowest BCUT2D eigenvalue weighted by atomic mass is 9.55. The van der Waals surface area contributed by atoms with Gasteiger partial charge in [-0.15, -0.1) is 6.58 Å².